The summed E-state index contributed by atoms with van der Waals surface area (Å²) >= 11 is 0. The number of rotatable bonds is 1. The van der Waals surface area contributed by atoms with Gasteiger partial charge in [-0.15, -0.1) is 0 Å². The Morgan fingerprint density at radius 3 is 2.00 bits per heavy atom. The van der Waals surface area contributed by atoms with Crippen molar-refractivity contribution < 1.29 is 9.84 Å². The van der Waals surface area contributed by atoms with Gasteiger partial charge in [0.25, 0.3) is 0 Å². The zero-order chi connectivity index (χ0) is 13.4. The van der Waals surface area contributed by atoms with Crippen molar-refractivity contribution in [3.05, 3.63) is 11.1 Å². The fourth-order valence-corrected chi connectivity index (χ4v) is 2.38. The van der Waals surface area contributed by atoms with Gasteiger partial charge in [0, 0.05) is 0 Å². The van der Waals surface area contributed by atoms with Crippen LogP contribution in [0.3, 0.4) is 0 Å². The number of aliphatic hydroxyl groups excluding tert-OH is 1. The average molecular weight is 240 g/mol. The highest BCUT2D eigenvalue weighted by Crippen LogP contribution is 2.40. The summed E-state index contributed by atoms with van der Waals surface area (Å²) < 4.78 is 6.27. The molecule has 0 radical (unpaired) electrons. The molecule has 0 aromatic heterocycles. The first-order valence-electron chi connectivity index (χ1n) is 6.52. The predicted octanol–water partition coefficient (Wildman–Crippen LogP) is 3.54. The molecule has 1 aliphatic rings. The van der Waals surface area contributed by atoms with E-state index in [0.717, 1.165) is 12.0 Å². The van der Waals surface area contributed by atoms with Crippen molar-refractivity contribution in [2.75, 3.05) is 6.61 Å². The van der Waals surface area contributed by atoms with Crippen LogP contribution >= 0.6 is 0 Å². The number of hydrogen-bond donors (Lipinski definition) is 1. The van der Waals surface area contributed by atoms with Crippen LogP contribution in [0.2, 0.25) is 0 Å². The predicted molar refractivity (Wildman–Crippen MR) is 72.0 cm³/mol. The lowest BCUT2D eigenvalue weighted by atomic mass is 9.76. The maximum atomic E-state index is 9.55. The SMILES string of the molecule is CC1=C(CO)C(C(C)(C)C)OC(C(C)(C)C)C1. The van der Waals surface area contributed by atoms with Crippen LogP contribution < -0.4 is 0 Å². The van der Waals surface area contributed by atoms with Crippen molar-refractivity contribution in [3.63, 3.8) is 0 Å². The molecule has 0 saturated carbocycles. The highest BCUT2D eigenvalue weighted by atomic mass is 16.5. The molecule has 2 unspecified atom stereocenters. The van der Waals surface area contributed by atoms with E-state index in [1.807, 2.05) is 0 Å². The highest BCUT2D eigenvalue weighted by molar-refractivity contribution is 5.23. The summed E-state index contributed by atoms with van der Waals surface area (Å²) in [4.78, 5) is 0. The van der Waals surface area contributed by atoms with Gasteiger partial charge in [-0.05, 0) is 29.7 Å². The molecule has 0 saturated heterocycles. The summed E-state index contributed by atoms with van der Waals surface area (Å²) in [5.74, 6) is 0. The molecule has 1 rings (SSSR count). The van der Waals surface area contributed by atoms with Gasteiger partial charge >= 0.3 is 0 Å². The molecule has 1 N–H and O–H groups in total. The lowest BCUT2D eigenvalue weighted by molar-refractivity contribution is -0.102. The van der Waals surface area contributed by atoms with Gasteiger partial charge in [0.15, 0.2) is 0 Å². The van der Waals surface area contributed by atoms with Crippen molar-refractivity contribution in [3.8, 4) is 0 Å². The molecule has 2 heteroatoms. The molecular weight excluding hydrogens is 212 g/mol. The molecule has 2 nitrogen and oxygen atoms in total. The third-order valence-corrected chi connectivity index (χ3v) is 3.58. The highest BCUT2D eigenvalue weighted by Gasteiger charge is 2.39. The molecule has 1 heterocycles. The van der Waals surface area contributed by atoms with Crippen LogP contribution in [0, 0.1) is 10.8 Å². The molecule has 17 heavy (non-hydrogen) atoms. The molecule has 0 spiro atoms. The Morgan fingerprint density at radius 2 is 1.65 bits per heavy atom. The molecule has 0 fully saturated rings. The van der Waals surface area contributed by atoms with E-state index in [1.54, 1.807) is 0 Å². The second kappa shape index (κ2) is 4.74. The second-order valence-corrected chi connectivity index (χ2v) is 7.40. The number of ether oxygens (including phenoxy) is 1. The number of hydrogen-bond acceptors (Lipinski definition) is 2. The molecule has 0 aromatic carbocycles. The number of aliphatic hydroxyl groups is 1. The van der Waals surface area contributed by atoms with Crippen LogP contribution in [0.5, 0.6) is 0 Å². The fraction of sp³-hybridized carbons (Fsp3) is 0.867. The Labute approximate surface area is 106 Å². The van der Waals surface area contributed by atoms with Gasteiger partial charge in [0.05, 0.1) is 18.8 Å². The van der Waals surface area contributed by atoms with Crippen molar-refractivity contribution >= 4 is 0 Å². The van der Waals surface area contributed by atoms with Crippen LogP contribution in [-0.4, -0.2) is 23.9 Å². The largest absolute Gasteiger partial charge is 0.392 e. The van der Waals surface area contributed by atoms with Gasteiger partial charge in [-0.3, -0.25) is 0 Å². The summed E-state index contributed by atoms with van der Waals surface area (Å²) in [6, 6.07) is 0. The average Bonchev–Trinajstić information content (AvgIpc) is 2.13. The summed E-state index contributed by atoms with van der Waals surface area (Å²) in [6.07, 6.45) is 1.21. The minimum Gasteiger partial charge on any atom is -0.392 e. The van der Waals surface area contributed by atoms with E-state index in [1.165, 1.54) is 5.57 Å². The van der Waals surface area contributed by atoms with E-state index in [-0.39, 0.29) is 29.6 Å². The van der Waals surface area contributed by atoms with Crippen molar-refractivity contribution in [1.82, 2.24) is 0 Å². The van der Waals surface area contributed by atoms with Crippen LogP contribution in [-0.2, 0) is 4.74 Å². The quantitative estimate of drug-likeness (QED) is 0.710. The lowest BCUT2D eigenvalue weighted by Gasteiger charge is -2.44. The van der Waals surface area contributed by atoms with Crippen LogP contribution in [0.25, 0.3) is 0 Å². The molecule has 1 aliphatic heterocycles. The van der Waals surface area contributed by atoms with E-state index >= 15 is 0 Å². The molecule has 0 bridgehead atoms. The monoisotopic (exact) mass is 240 g/mol. The summed E-state index contributed by atoms with van der Waals surface area (Å²) in [5.41, 5.74) is 2.56. The van der Waals surface area contributed by atoms with Gasteiger partial charge in [-0.2, -0.15) is 0 Å². The van der Waals surface area contributed by atoms with E-state index in [9.17, 15) is 5.11 Å². The molecule has 0 aromatic rings. The van der Waals surface area contributed by atoms with Gasteiger partial charge in [0.2, 0.25) is 0 Å². The standard InChI is InChI=1S/C15H28O2/c1-10-8-12(14(2,3)4)17-13(11(10)9-16)15(5,6)7/h12-13,16H,8-9H2,1-7H3. The first-order chi connectivity index (χ1) is 7.57. The van der Waals surface area contributed by atoms with Crippen molar-refractivity contribution in [2.24, 2.45) is 10.8 Å². The normalized spacial score (nSPS) is 27.5. The second-order valence-electron chi connectivity index (χ2n) is 7.40. The molecule has 0 aliphatic carbocycles. The first kappa shape index (κ1) is 14.7. The summed E-state index contributed by atoms with van der Waals surface area (Å²) in [6.45, 7) is 15.4. The minimum atomic E-state index is 0.0310. The Balaban J connectivity index is 3.07. The van der Waals surface area contributed by atoms with Gasteiger partial charge in [-0.25, -0.2) is 0 Å². The third kappa shape index (κ3) is 3.32. The van der Waals surface area contributed by atoms with Gasteiger partial charge < -0.3 is 9.84 Å². The van der Waals surface area contributed by atoms with E-state index in [2.05, 4.69) is 48.5 Å². The minimum absolute atomic E-state index is 0.0310. The summed E-state index contributed by atoms with van der Waals surface area (Å²) in [5, 5.41) is 9.55. The molecule has 2 atom stereocenters. The first-order valence-corrected chi connectivity index (χ1v) is 6.52. The van der Waals surface area contributed by atoms with Crippen molar-refractivity contribution in [2.45, 2.75) is 67.1 Å². The van der Waals surface area contributed by atoms with E-state index < -0.39 is 0 Å². The van der Waals surface area contributed by atoms with Gasteiger partial charge in [0.1, 0.15) is 0 Å². The summed E-state index contributed by atoms with van der Waals surface area (Å²) in [7, 11) is 0. The van der Waals surface area contributed by atoms with Crippen LogP contribution in [0.15, 0.2) is 11.1 Å². The molecular formula is C15H28O2. The Kier molecular flexibility index (Phi) is 4.10. The molecule has 100 valence electrons. The smallest absolute Gasteiger partial charge is 0.0862 e. The third-order valence-electron chi connectivity index (χ3n) is 3.58. The fourth-order valence-electron chi connectivity index (χ4n) is 2.38. The maximum absolute atomic E-state index is 9.55. The zero-order valence-electron chi connectivity index (χ0n) is 12.4. The Hall–Kier alpha value is -0.340. The van der Waals surface area contributed by atoms with Crippen LogP contribution in [0.4, 0.5) is 0 Å². The maximum Gasteiger partial charge on any atom is 0.0862 e. The topological polar surface area (TPSA) is 29.5 Å². The zero-order valence-corrected chi connectivity index (χ0v) is 12.4. The Morgan fingerprint density at radius 1 is 1.12 bits per heavy atom. The van der Waals surface area contributed by atoms with Crippen molar-refractivity contribution in [1.29, 1.82) is 0 Å². The van der Waals surface area contributed by atoms with E-state index in [0.29, 0.717) is 0 Å². The van der Waals surface area contributed by atoms with Crippen LogP contribution in [0.1, 0.15) is 54.9 Å². The molecule has 0 amide bonds. The van der Waals surface area contributed by atoms with Gasteiger partial charge in [-0.1, -0.05) is 47.1 Å². The lowest BCUT2D eigenvalue weighted by Crippen LogP contribution is -2.44. The van der Waals surface area contributed by atoms with E-state index in [4.69, 9.17) is 4.74 Å². The Bertz CT molecular complexity index is 302.